The predicted octanol–water partition coefficient (Wildman–Crippen LogP) is 2.46. The van der Waals surface area contributed by atoms with E-state index in [0.717, 1.165) is 25.9 Å². The van der Waals surface area contributed by atoms with Crippen LogP contribution < -0.4 is 0 Å². The molecular weight excluding hydrogens is 244 g/mol. The van der Waals surface area contributed by atoms with E-state index in [1.807, 2.05) is 21.7 Å². The Morgan fingerprint density at radius 3 is 2.31 bits per heavy atom. The van der Waals surface area contributed by atoms with Crippen LogP contribution in [0.25, 0.3) is 0 Å². The Morgan fingerprint density at radius 1 is 1.46 bits per heavy atom. The third-order valence-electron chi connectivity index (χ3n) is 1.76. The number of halogens is 1. The first-order chi connectivity index (χ1) is 5.81. The number of unbranched alkanes of at least 4 members (excludes halogenated alkanes) is 1. The lowest BCUT2D eigenvalue weighted by molar-refractivity contribution is -0.123. The van der Waals surface area contributed by atoms with E-state index in [2.05, 4.69) is 6.92 Å². The molecule has 0 saturated carbocycles. The molecule has 0 aromatic carbocycles. The lowest BCUT2D eigenvalue weighted by Gasteiger charge is -2.16. The molecule has 13 heavy (non-hydrogen) atoms. The second kappa shape index (κ2) is 13.2. The van der Waals surface area contributed by atoms with Crippen molar-refractivity contribution < 1.29 is 9.84 Å². The van der Waals surface area contributed by atoms with Crippen molar-refractivity contribution >= 4 is 38.7 Å². The van der Waals surface area contributed by atoms with Gasteiger partial charge in [0.15, 0.2) is 6.29 Å². The third kappa shape index (κ3) is 13.2. The molecule has 0 aromatic rings. The van der Waals surface area contributed by atoms with Gasteiger partial charge in [-0.05, 0) is 25.7 Å². The maximum absolute atomic E-state index is 8.69. The minimum atomic E-state index is -0.464. The topological polar surface area (TPSA) is 29.5 Å². The van der Waals surface area contributed by atoms with Crippen molar-refractivity contribution in [3.05, 3.63) is 0 Å². The van der Waals surface area contributed by atoms with E-state index in [1.165, 1.54) is 17.4 Å². The summed E-state index contributed by atoms with van der Waals surface area (Å²) in [6, 6.07) is 0. The van der Waals surface area contributed by atoms with Crippen molar-refractivity contribution in [2.75, 3.05) is 6.61 Å². The van der Waals surface area contributed by atoms with Gasteiger partial charge in [0.25, 0.3) is 4.55 Å². The standard InChI is InChI=1S/C5H10O2.C4H9.BrH.Mg/c6-5-3-1-2-4-7-5;1-3-4-2;;/h5-6H,1-4H2;1,3-4H2,2H3;1H;/q;;;+2. The van der Waals surface area contributed by atoms with Crippen LogP contribution in [-0.2, 0) is 4.74 Å². The second-order valence-electron chi connectivity index (χ2n) is 3.03. The van der Waals surface area contributed by atoms with Gasteiger partial charge < -0.3 is 9.84 Å². The van der Waals surface area contributed by atoms with E-state index in [0.29, 0.717) is 0 Å². The highest BCUT2D eigenvalue weighted by Crippen LogP contribution is 2.08. The van der Waals surface area contributed by atoms with Crippen molar-refractivity contribution in [1.29, 1.82) is 0 Å². The van der Waals surface area contributed by atoms with E-state index in [-0.39, 0.29) is 17.0 Å². The van der Waals surface area contributed by atoms with Gasteiger partial charge in [0.1, 0.15) is 0 Å². The molecule has 1 unspecified atom stereocenters. The molecule has 1 fully saturated rings. The number of hydrogen-bond acceptors (Lipinski definition) is 2. The summed E-state index contributed by atoms with van der Waals surface area (Å²) >= 11 is 2.05. The minimum Gasteiger partial charge on any atom is -0.368 e. The quantitative estimate of drug-likeness (QED) is 0.776. The molecule has 0 amide bonds. The normalized spacial score (nSPS) is 21.0. The van der Waals surface area contributed by atoms with Crippen LogP contribution in [0, 0.1) is 0 Å². The average molecular weight is 264 g/mol. The number of ether oxygens (including phenoxy) is 1. The van der Waals surface area contributed by atoms with Gasteiger partial charge in [-0.25, -0.2) is 0 Å². The predicted molar refractivity (Wildman–Crippen MR) is 61.6 cm³/mol. The maximum atomic E-state index is 8.69. The fourth-order valence-electron chi connectivity index (χ4n) is 0.974. The molecule has 7 radical (unpaired) electrons. The zero-order valence-corrected chi connectivity index (χ0v) is 11.6. The fraction of sp³-hybridized carbons (Fsp3) is 1.00. The van der Waals surface area contributed by atoms with Crippen LogP contribution in [0.5, 0.6) is 0 Å². The summed E-state index contributed by atoms with van der Waals surface area (Å²) in [6.45, 7) is 2.95. The second-order valence-corrected chi connectivity index (χ2v) is 3.74. The summed E-state index contributed by atoms with van der Waals surface area (Å²) < 4.78 is 6.20. The number of rotatable bonds is 2. The number of aliphatic hydroxyl groups excluding tert-OH is 1. The first-order valence-electron chi connectivity index (χ1n) is 4.90. The summed E-state index contributed by atoms with van der Waals surface area (Å²) in [5.41, 5.74) is 0. The van der Waals surface area contributed by atoms with Crippen LogP contribution in [-0.4, -0.2) is 39.7 Å². The summed E-state index contributed by atoms with van der Waals surface area (Å²) in [6.07, 6.45) is 5.33. The summed E-state index contributed by atoms with van der Waals surface area (Å²) in [7, 11) is 0. The van der Waals surface area contributed by atoms with Gasteiger partial charge in [0, 0.05) is 13.0 Å². The molecule has 2 nitrogen and oxygen atoms in total. The van der Waals surface area contributed by atoms with Crippen LogP contribution in [0.3, 0.4) is 0 Å². The lowest BCUT2D eigenvalue weighted by atomic mass is 10.2. The summed E-state index contributed by atoms with van der Waals surface area (Å²) in [5, 5.41) is 8.69. The Hall–Kier alpha value is 1.17. The molecule has 1 aliphatic rings. The molecule has 0 bridgehead atoms. The van der Waals surface area contributed by atoms with Crippen LogP contribution in [0.2, 0.25) is 4.55 Å². The van der Waals surface area contributed by atoms with Gasteiger partial charge in [-0.3, -0.25) is 0 Å². The van der Waals surface area contributed by atoms with Crippen LogP contribution in [0.1, 0.15) is 39.0 Å². The molecule has 1 aliphatic heterocycles. The smallest absolute Gasteiger partial charge is 0.368 e. The molecule has 1 heterocycles. The first-order valence-corrected chi connectivity index (χ1v) is 5.90. The van der Waals surface area contributed by atoms with Crippen molar-refractivity contribution in [2.45, 2.75) is 49.9 Å². The highest BCUT2D eigenvalue weighted by molar-refractivity contribution is 8.93. The van der Waals surface area contributed by atoms with E-state index in [4.69, 9.17) is 9.84 Å². The Labute approximate surface area is 105 Å². The molecule has 1 N–H and O–H groups in total. The molecule has 0 aromatic heterocycles. The average Bonchev–Trinajstić information content (AvgIpc) is 2.08. The molecule has 0 aliphatic carbocycles. The van der Waals surface area contributed by atoms with E-state index in [9.17, 15) is 0 Å². The van der Waals surface area contributed by atoms with Gasteiger partial charge in [0.2, 0.25) is 0 Å². The van der Waals surface area contributed by atoms with E-state index < -0.39 is 6.29 Å². The Morgan fingerprint density at radius 2 is 2.15 bits per heavy atom. The number of aliphatic hydroxyl groups is 1. The van der Waals surface area contributed by atoms with Crippen molar-refractivity contribution in [1.82, 2.24) is 0 Å². The Bertz CT molecular complexity index is 85.7. The maximum Gasteiger partial charge on any atom is 1.41 e. The van der Waals surface area contributed by atoms with Gasteiger partial charge >= 0.3 is 21.7 Å². The zero-order chi connectivity index (χ0) is 9.23. The summed E-state index contributed by atoms with van der Waals surface area (Å²) in [4.78, 5) is 0. The fourth-order valence-corrected chi connectivity index (χ4v) is 1.47. The van der Waals surface area contributed by atoms with Crippen LogP contribution in [0.4, 0.5) is 0 Å². The largest absolute Gasteiger partial charge is 1.41 e. The SMILES string of the molecule is Br.CCC[CH2][Mg+2].OC1CCCCO1. The highest BCUT2D eigenvalue weighted by Gasteiger charge is 2.19. The van der Waals surface area contributed by atoms with Crippen LogP contribution >= 0.6 is 17.0 Å². The molecule has 4 heteroatoms. The molecule has 1 rings (SSSR count). The third-order valence-corrected chi connectivity index (χ3v) is 2.26. The minimum absolute atomic E-state index is 0. The molecule has 0 spiro atoms. The van der Waals surface area contributed by atoms with Crippen molar-refractivity contribution in [3.63, 3.8) is 0 Å². The van der Waals surface area contributed by atoms with Crippen LogP contribution in [0.15, 0.2) is 0 Å². The summed E-state index contributed by atoms with van der Waals surface area (Å²) in [5.74, 6) is 0. The molecular formula is C9H20BrMgO2+2. The Kier molecular flexibility index (Phi) is 16.8. The zero-order valence-electron chi connectivity index (χ0n) is 8.50. The van der Waals surface area contributed by atoms with Gasteiger partial charge in [-0.1, -0.05) is 6.92 Å². The Balaban J connectivity index is 0. The first kappa shape index (κ1) is 16.6. The van der Waals surface area contributed by atoms with E-state index in [1.54, 1.807) is 0 Å². The monoisotopic (exact) mass is 263 g/mol. The molecule has 75 valence electrons. The van der Waals surface area contributed by atoms with Crippen molar-refractivity contribution in [2.24, 2.45) is 0 Å². The van der Waals surface area contributed by atoms with Gasteiger partial charge in [-0.15, -0.1) is 17.0 Å². The molecule has 1 atom stereocenters. The molecule has 1 saturated heterocycles. The van der Waals surface area contributed by atoms with Crippen molar-refractivity contribution in [3.8, 4) is 0 Å². The number of hydrogen-bond donors (Lipinski definition) is 1. The lowest BCUT2D eigenvalue weighted by Crippen LogP contribution is -2.17. The highest BCUT2D eigenvalue weighted by atomic mass is 79.9. The van der Waals surface area contributed by atoms with Gasteiger partial charge in [-0.2, -0.15) is 0 Å². The van der Waals surface area contributed by atoms with E-state index >= 15 is 0 Å². The van der Waals surface area contributed by atoms with Gasteiger partial charge in [0.05, 0.1) is 0 Å².